The van der Waals surface area contributed by atoms with Gasteiger partial charge in [-0.05, 0) is 12.5 Å². The van der Waals surface area contributed by atoms with E-state index < -0.39 is 5.97 Å². The number of hydrazone groups is 1. The van der Waals surface area contributed by atoms with Crippen molar-refractivity contribution in [3.05, 3.63) is 47.7 Å². The molecular formula is C12H14N2O2. The van der Waals surface area contributed by atoms with Crippen LogP contribution in [0.25, 0.3) is 0 Å². The Balaban J connectivity index is 2.84. The van der Waals surface area contributed by atoms with E-state index in [-0.39, 0.29) is 5.70 Å². The molecule has 0 atom stereocenters. The van der Waals surface area contributed by atoms with Crippen LogP contribution in [0.4, 0.5) is 0 Å². The fourth-order valence-electron chi connectivity index (χ4n) is 1.35. The molecule has 0 spiro atoms. The molecule has 1 rings (SSSR count). The number of carboxylic acids is 1. The highest BCUT2D eigenvalue weighted by atomic mass is 16.4. The van der Waals surface area contributed by atoms with E-state index >= 15 is 0 Å². The highest BCUT2D eigenvalue weighted by Crippen LogP contribution is 2.11. The van der Waals surface area contributed by atoms with Crippen molar-refractivity contribution in [1.29, 1.82) is 0 Å². The minimum absolute atomic E-state index is 0.124. The SMILES string of the molecule is C=NN(Cc1ccccc1)/C(=C\C)C(=O)O. The van der Waals surface area contributed by atoms with Crippen molar-refractivity contribution in [2.75, 3.05) is 0 Å². The third-order valence-electron chi connectivity index (χ3n) is 2.12. The summed E-state index contributed by atoms with van der Waals surface area (Å²) in [6.45, 7) is 5.44. The van der Waals surface area contributed by atoms with Crippen LogP contribution in [0, 0.1) is 0 Å². The topological polar surface area (TPSA) is 52.9 Å². The van der Waals surface area contributed by atoms with Gasteiger partial charge in [0.05, 0.1) is 6.54 Å². The van der Waals surface area contributed by atoms with Crippen molar-refractivity contribution in [3.8, 4) is 0 Å². The zero-order chi connectivity index (χ0) is 12.0. The van der Waals surface area contributed by atoms with Gasteiger partial charge in [-0.1, -0.05) is 36.4 Å². The number of hydrogen-bond acceptors (Lipinski definition) is 3. The van der Waals surface area contributed by atoms with Gasteiger partial charge in [0.15, 0.2) is 0 Å². The number of allylic oxidation sites excluding steroid dienone is 1. The Morgan fingerprint density at radius 3 is 2.56 bits per heavy atom. The van der Waals surface area contributed by atoms with Crippen LogP contribution < -0.4 is 0 Å². The van der Waals surface area contributed by atoms with Crippen LogP contribution in [0.15, 0.2) is 47.2 Å². The lowest BCUT2D eigenvalue weighted by Crippen LogP contribution is -2.21. The fraction of sp³-hybridized carbons (Fsp3) is 0.167. The maximum atomic E-state index is 10.9. The van der Waals surface area contributed by atoms with Crippen molar-refractivity contribution in [1.82, 2.24) is 5.01 Å². The van der Waals surface area contributed by atoms with Gasteiger partial charge in [0, 0.05) is 6.72 Å². The van der Waals surface area contributed by atoms with E-state index in [1.165, 1.54) is 11.1 Å². The normalized spacial score (nSPS) is 10.9. The molecule has 1 N–H and O–H groups in total. The maximum Gasteiger partial charge on any atom is 0.353 e. The molecule has 1 aromatic rings. The van der Waals surface area contributed by atoms with Crippen LogP contribution in [0.1, 0.15) is 12.5 Å². The fourth-order valence-corrected chi connectivity index (χ4v) is 1.35. The molecule has 0 aliphatic carbocycles. The molecule has 0 amide bonds. The van der Waals surface area contributed by atoms with E-state index in [4.69, 9.17) is 5.11 Å². The smallest absolute Gasteiger partial charge is 0.353 e. The molecule has 0 unspecified atom stereocenters. The molecule has 1 aromatic carbocycles. The molecule has 0 saturated carbocycles. The third kappa shape index (κ3) is 2.95. The summed E-state index contributed by atoms with van der Waals surface area (Å²) >= 11 is 0. The Hall–Kier alpha value is -2.10. The van der Waals surface area contributed by atoms with E-state index in [0.717, 1.165) is 5.56 Å². The van der Waals surface area contributed by atoms with Gasteiger partial charge in [-0.15, -0.1) is 0 Å². The van der Waals surface area contributed by atoms with E-state index in [1.807, 2.05) is 30.3 Å². The molecule has 0 aliphatic rings. The number of aliphatic carboxylic acids is 1. The quantitative estimate of drug-likeness (QED) is 0.467. The summed E-state index contributed by atoms with van der Waals surface area (Å²) in [6.07, 6.45) is 1.50. The zero-order valence-corrected chi connectivity index (χ0v) is 9.13. The van der Waals surface area contributed by atoms with Crippen molar-refractivity contribution in [2.24, 2.45) is 5.10 Å². The van der Waals surface area contributed by atoms with Crippen molar-refractivity contribution >= 4 is 12.7 Å². The predicted octanol–water partition coefficient (Wildman–Crippen LogP) is 2.09. The molecule has 4 heteroatoms. The highest BCUT2D eigenvalue weighted by Gasteiger charge is 2.14. The van der Waals surface area contributed by atoms with Crippen molar-refractivity contribution < 1.29 is 9.90 Å². The summed E-state index contributed by atoms with van der Waals surface area (Å²) in [6, 6.07) is 9.52. The Kier molecular flexibility index (Phi) is 4.27. The van der Waals surface area contributed by atoms with E-state index in [9.17, 15) is 4.79 Å². The predicted molar refractivity (Wildman–Crippen MR) is 62.9 cm³/mol. The lowest BCUT2D eigenvalue weighted by atomic mass is 10.2. The van der Waals surface area contributed by atoms with Crippen molar-refractivity contribution in [3.63, 3.8) is 0 Å². The zero-order valence-electron chi connectivity index (χ0n) is 9.13. The average Bonchev–Trinajstić information content (AvgIpc) is 2.29. The summed E-state index contributed by atoms with van der Waals surface area (Å²) in [4.78, 5) is 10.9. The first-order chi connectivity index (χ1) is 7.69. The molecule has 16 heavy (non-hydrogen) atoms. The van der Waals surface area contributed by atoms with Crippen LogP contribution in [0.3, 0.4) is 0 Å². The minimum Gasteiger partial charge on any atom is -0.477 e. The van der Waals surface area contributed by atoms with Gasteiger partial charge >= 0.3 is 5.97 Å². The van der Waals surface area contributed by atoms with Gasteiger partial charge in [-0.2, -0.15) is 5.10 Å². The first-order valence-corrected chi connectivity index (χ1v) is 4.86. The minimum atomic E-state index is -1.01. The Morgan fingerprint density at radius 2 is 2.12 bits per heavy atom. The molecular weight excluding hydrogens is 204 g/mol. The van der Waals surface area contributed by atoms with Crippen LogP contribution in [0.2, 0.25) is 0 Å². The van der Waals surface area contributed by atoms with E-state index in [1.54, 1.807) is 6.92 Å². The molecule has 4 nitrogen and oxygen atoms in total. The second-order valence-electron chi connectivity index (χ2n) is 3.16. The number of carboxylic acid groups (broad SMARTS) is 1. The Morgan fingerprint density at radius 1 is 1.50 bits per heavy atom. The molecule has 0 radical (unpaired) electrons. The molecule has 0 aliphatic heterocycles. The molecule has 0 aromatic heterocycles. The lowest BCUT2D eigenvalue weighted by Gasteiger charge is -2.18. The summed E-state index contributed by atoms with van der Waals surface area (Å²) in [5.41, 5.74) is 1.11. The second kappa shape index (κ2) is 5.70. The first-order valence-electron chi connectivity index (χ1n) is 4.86. The number of carbonyl (C=O) groups is 1. The monoisotopic (exact) mass is 218 g/mol. The van der Waals surface area contributed by atoms with Gasteiger partial charge in [0.2, 0.25) is 0 Å². The Labute approximate surface area is 94.5 Å². The summed E-state index contributed by atoms with van der Waals surface area (Å²) in [7, 11) is 0. The third-order valence-corrected chi connectivity index (χ3v) is 2.12. The van der Waals surface area contributed by atoms with Gasteiger partial charge in [-0.3, -0.25) is 5.01 Å². The van der Waals surface area contributed by atoms with Gasteiger partial charge in [0.25, 0.3) is 0 Å². The summed E-state index contributed by atoms with van der Waals surface area (Å²) in [5.74, 6) is -1.01. The van der Waals surface area contributed by atoms with Crippen LogP contribution in [-0.4, -0.2) is 22.8 Å². The summed E-state index contributed by atoms with van der Waals surface area (Å²) < 4.78 is 0. The van der Waals surface area contributed by atoms with Crippen LogP contribution in [0.5, 0.6) is 0 Å². The number of hydrogen-bond donors (Lipinski definition) is 1. The molecule has 84 valence electrons. The van der Waals surface area contributed by atoms with E-state index in [0.29, 0.717) is 6.54 Å². The summed E-state index contributed by atoms with van der Waals surface area (Å²) in [5, 5.41) is 14.0. The molecule has 0 fully saturated rings. The highest BCUT2D eigenvalue weighted by molar-refractivity contribution is 5.85. The standard InChI is InChI=1S/C12H14N2O2/c1-3-11(12(15)16)14(13-2)9-10-7-5-4-6-8-10/h3-8H,2,9H2,1H3,(H,15,16)/b11-3-. The molecule has 0 bridgehead atoms. The van der Waals surface area contributed by atoms with Gasteiger partial charge in [0.1, 0.15) is 5.70 Å². The average molecular weight is 218 g/mol. The molecule has 0 heterocycles. The largest absolute Gasteiger partial charge is 0.477 e. The van der Waals surface area contributed by atoms with Crippen LogP contribution in [-0.2, 0) is 11.3 Å². The van der Waals surface area contributed by atoms with Gasteiger partial charge in [-0.25, -0.2) is 4.79 Å². The van der Waals surface area contributed by atoms with E-state index in [2.05, 4.69) is 11.8 Å². The second-order valence-corrected chi connectivity index (χ2v) is 3.16. The van der Waals surface area contributed by atoms with Crippen LogP contribution >= 0.6 is 0 Å². The van der Waals surface area contributed by atoms with Crippen molar-refractivity contribution in [2.45, 2.75) is 13.5 Å². The Bertz CT molecular complexity index is 399. The number of benzene rings is 1. The number of rotatable bonds is 5. The first kappa shape index (κ1) is 12.0. The lowest BCUT2D eigenvalue weighted by molar-refractivity contribution is -0.134. The number of nitrogens with zero attached hydrogens (tertiary/aromatic N) is 2. The van der Waals surface area contributed by atoms with Gasteiger partial charge < -0.3 is 5.11 Å². The maximum absolute atomic E-state index is 10.9. The molecule has 0 saturated heterocycles.